The molecule has 0 spiro atoms. The van der Waals surface area contributed by atoms with Gasteiger partial charge >= 0.3 is 0 Å². The van der Waals surface area contributed by atoms with Crippen molar-refractivity contribution >= 4 is 5.78 Å². The van der Waals surface area contributed by atoms with Gasteiger partial charge in [0.05, 0.1) is 0 Å². The molecule has 2 rings (SSSR count). The van der Waals surface area contributed by atoms with Crippen LogP contribution in [-0.2, 0) is 6.42 Å². The molecule has 0 aliphatic heterocycles. The lowest BCUT2D eigenvalue weighted by molar-refractivity contribution is 0.103. The Balaban J connectivity index is 1.92. The highest BCUT2D eigenvalue weighted by Crippen LogP contribution is 2.12. The third kappa shape index (κ3) is 4.54. The van der Waals surface area contributed by atoms with Crippen molar-refractivity contribution in [3.05, 3.63) is 71.3 Å². The van der Waals surface area contributed by atoms with E-state index in [1.54, 1.807) is 0 Å². The van der Waals surface area contributed by atoms with Crippen LogP contribution < -0.4 is 0 Å². The first kappa shape index (κ1) is 16.4. The van der Waals surface area contributed by atoms with Crippen LogP contribution in [-0.4, -0.2) is 30.3 Å². The van der Waals surface area contributed by atoms with E-state index in [0.717, 1.165) is 43.6 Å². The Morgan fingerprint density at radius 1 is 0.864 bits per heavy atom. The predicted octanol–water partition coefficient (Wildman–Crippen LogP) is 4.19. The lowest BCUT2D eigenvalue weighted by Crippen LogP contribution is -2.24. The zero-order chi connectivity index (χ0) is 15.8. The number of hydrogen-bond acceptors (Lipinski definition) is 2. The van der Waals surface area contributed by atoms with E-state index >= 15 is 0 Å². The van der Waals surface area contributed by atoms with Gasteiger partial charge in [-0.15, -0.1) is 0 Å². The Morgan fingerprint density at radius 3 is 2.05 bits per heavy atom. The van der Waals surface area contributed by atoms with E-state index in [1.807, 2.05) is 42.5 Å². The molecule has 116 valence electrons. The van der Waals surface area contributed by atoms with Crippen molar-refractivity contribution in [1.29, 1.82) is 0 Å². The lowest BCUT2D eigenvalue weighted by Gasteiger charge is -2.17. The molecular formula is C20H25NO. The molecule has 0 aliphatic rings. The third-order valence-electron chi connectivity index (χ3n) is 4.09. The summed E-state index contributed by atoms with van der Waals surface area (Å²) in [6, 6.07) is 17.5. The number of ketones is 1. The average Bonchev–Trinajstić information content (AvgIpc) is 2.59. The summed E-state index contributed by atoms with van der Waals surface area (Å²) in [4.78, 5) is 14.8. The van der Waals surface area contributed by atoms with Crippen LogP contribution in [0.15, 0.2) is 54.6 Å². The van der Waals surface area contributed by atoms with Gasteiger partial charge in [-0.2, -0.15) is 0 Å². The van der Waals surface area contributed by atoms with Crippen LogP contribution in [0.5, 0.6) is 0 Å². The number of carbonyl (C=O) groups excluding carboxylic acids is 1. The third-order valence-corrected chi connectivity index (χ3v) is 4.09. The molecule has 0 saturated heterocycles. The van der Waals surface area contributed by atoms with E-state index in [0.29, 0.717) is 0 Å². The van der Waals surface area contributed by atoms with Crippen molar-refractivity contribution < 1.29 is 4.79 Å². The van der Waals surface area contributed by atoms with Gasteiger partial charge in [-0.05, 0) is 38.0 Å². The van der Waals surface area contributed by atoms with E-state index in [9.17, 15) is 4.79 Å². The predicted molar refractivity (Wildman–Crippen MR) is 92.4 cm³/mol. The summed E-state index contributed by atoms with van der Waals surface area (Å²) in [6.07, 6.45) is 2.23. The van der Waals surface area contributed by atoms with Gasteiger partial charge in [-0.3, -0.25) is 4.79 Å². The second-order valence-electron chi connectivity index (χ2n) is 5.52. The minimum atomic E-state index is 0.0929. The van der Waals surface area contributed by atoms with Crippen LogP contribution in [0.4, 0.5) is 0 Å². The summed E-state index contributed by atoms with van der Waals surface area (Å²) >= 11 is 0. The summed E-state index contributed by atoms with van der Waals surface area (Å²) < 4.78 is 0. The quantitative estimate of drug-likeness (QED) is 0.681. The standard InChI is InChI=1S/C20H25NO/c1-3-21(4-2)16-8-9-17-12-14-19(15-13-17)20(22)18-10-6-5-7-11-18/h5-7,10-15H,3-4,8-9,16H2,1-2H3. The van der Waals surface area contributed by atoms with Crippen molar-refractivity contribution in [2.75, 3.05) is 19.6 Å². The maximum atomic E-state index is 12.3. The Bertz CT molecular complexity index is 570. The molecule has 0 aliphatic carbocycles. The topological polar surface area (TPSA) is 20.3 Å². The summed E-state index contributed by atoms with van der Waals surface area (Å²) in [5, 5.41) is 0. The molecule has 0 saturated carbocycles. The molecule has 2 nitrogen and oxygen atoms in total. The summed E-state index contributed by atoms with van der Waals surface area (Å²) in [7, 11) is 0. The maximum Gasteiger partial charge on any atom is 0.193 e. The summed E-state index contributed by atoms with van der Waals surface area (Å²) in [5.74, 6) is 0.0929. The molecular weight excluding hydrogens is 270 g/mol. The number of benzene rings is 2. The SMILES string of the molecule is CCN(CC)CCCc1ccc(C(=O)c2ccccc2)cc1. The van der Waals surface area contributed by atoms with E-state index in [2.05, 4.69) is 30.9 Å². The van der Waals surface area contributed by atoms with E-state index in [1.165, 1.54) is 5.56 Å². The Morgan fingerprint density at radius 2 is 1.45 bits per heavy atom. The maximum absolute atomic E-state index is 12.3. The molecule has 2 heteroatoms. The Labute approximate surface area is 133 Å². The van der Waals surface area contributed by atoms with Gasteiger partial charge in [0.25, 0.3) is 0 Å². The highest BCUT2D eigenvalue weighted by molar-refractivity contribution is 6.08. The van der Waals surface area contributed by atoms with Crippen LogP contribution in [0.25, 0.3) is 0 Å². The molecule has 0 amide bonds. The monoisotopic (exact) mass is 295 g/mol. The molecule has 0 unspecified atom stereocenters. The fourth-order valence-electron chi connectivity index (χ4n) is 2.63. The first-order valence-electron chi connectivity index (χ1n) is 8.15. The average molecular weight is 295 g/mol. The lowest BCUT2D eigenvalue weighted by atomic mass is 10.0. The molecule has 0 aromatic heterocycles. The van der Waals surface area contributed by atoms with Crippen molar-refractivity contribution in [2.24, 2.45) is 0 Å². The van der Waals surface area contributed by atoms with Crippen LogP contribution >= 0.6 is 0 Å². The van der Waals surface area contributed by atoms with Gasteiger partial charge < -0.3 is 4.90 Å². The van der Waals surface area contributed by atoms with Gasteiger partial charge in [-0.1, -0.05) is 68.4 Å². The smallest absolute Gasteiger partial charge is 0.193 e. The van der Waals surface area contributed by atoms with Crippen molar-refractivity contribution in [3.63, 3.8) is 0 Å². The number of rotatable bonds is 8. The molecule has 0 bridgehead atoms. The second kappa shape index (κ2) is 8.50. The Hall–Kier alpha value is -1.93. The summed E-state index contributed by atoms with van der Waals surface area (Å²) in [5.41, 5.74) is 2.81. The van der Waals surface area contributed by atoms with Crippen molar-refractivity contribution in [2.45, 2.75) is 26.7 Å². The first-order chi connectivity index (χ1) is 10.7. The van der Waals surface area contributed by atoms with Gasteiger partial charge in [0.15, 0.2) is 5.78 Å². The number of aryl methyl sites for hydroxylation is 1. The van der Waals surface area contributed by atoms with Crippen LogP contribution in [0.3, 0.4) is 0 Å². The van der Waals surface area contributed by atoms with Crippen LogP contribution in [0, 0.1) is 0 Å². The first-order valence-corrected chi connectivity index (χ1v) is 8.15. The molecule has 0 radical (unpaired) electrons. The van der Waals surface area contributed by atoms with E-state index in [4.69, 9.17) is 0 Å². The highest BCUT2D eigenvalue weighted by Gasteiger charge is 2.08. The molecule has 2 aromatic carbocycles. The molecule has 0 N–H and O–H groups in total. The largest absolute Gasteiger partial charge is 0.304 e. The molecule has 0 atom stereocenters. The minimum absolute atomic E-state index is 0.0929. The van der Waals surface area contributed by atoms with Crippen molar-refractivity contribution in [1.82, 2.24) is 4.90 Å². The highest BCUT2D eigenvalue weighted by atomic mass is 16.1. The molecule has 0 fully saturated rings. The zero-order valence-corrected chi connectivity index (χ0v) is 13.6. The fourth-order valence-corrected chi connectivity index (χ4v) is 2.63. The number of carbonyl (C=O) groups is 1. The van der Waals surface area contributed by atoms with E-state index < -0.39 is 0 Å². The minimum Gasteiger partial charge on any atom is -0.304 e. The van der Waals surface area contributed by atoms with Crippen molar-refractivity contribution in [3.8, 4) is 0 Å². The molecule has 22 heavy (non-hydrogen) atoms. The molecule has 2 aromatic rings. The fraction of sp³-hybridized carbons (Fsp3) is 0.350. The normalized spacial score (nSPS) is 10.9. The van der Waals surface area contributed by atoms with Gasteiger partial charge in [0.1, 0.15) is 0 Å². The Kier molecular flexibility index (Phi) is 6.35. The van der Waals surface area contributed by atoms with Gasteiger partial charge in [-0.25, -0.2) is 0 Å². The number of nitrogens with zero attached hydrogens (tertiary/aromatic N) is 1. The molecule has 0 heterocycles. The number of hydrogen-bond donors (Lipinski definition) is 0. The second-order valence-corrected chi connectivity index (χ2v) is 5.52. The van der Waals surface area contributed by atoms with E-state index in [-0.39, 0.29) is 5.78 Å². The summed E-state index contributed by atoms with van der Waals surface area (Å²) in [6.45, 7) is 7.76. The van der Waals surface area contributed by atoms with Gasteiger partial charge in [0, 0.05) is 11.1 Å². The van der Waals surface area contributed by atoms with Gasteiger partial charge in [0.2, 0.25) is 0 Å². The zero-order valence-electron chi connectivity index (χ0n) is 13.6. The van der Waals surface area contributed by atoms with Crippen LogP contribution in [0.2, 0.25) is 0 Å². The van der Waals surface area contributed by atoms with Crippen LogP contribution in [0.1, 0.15) is 41.8 Å².